The van der Waals surface area contributed by atoms with Crippen LogP contribution in [0.4, 0.5) is 5.95 Å². The van der Waals surface area contributed by atoms with Gasteiger partial charge in [0.1, 0.15) is 5.75 Å². The van der Waals surface area contributed by atoms with Gasteiger partial charge in [-0.2, -0.15) is 0 Å². The van der Waals surface area contributed by atoms with E-state index >= 15 is 0 Å². The van der Waals surface area contributed by atoms with E-state index in [1.165, 1.54) is 0 Å². The second-order valence-electron chi connectivity index (χ2n) is 6.55. The molecule has 4 rings (SSSR count). The van der Waals surface area contributed by atoms with Crippen LogP contribution in [0.15, 0.2) is 36.7 Å². The molecule has 1 aromatic carbocycles. The molecule has 0 radical (unpaired) electrons. The van der Waals surface area contributed by atoms with Crippen LogP contribution in [0.2, 0.25) is 0 Å². The fraction of sp³-hybridized carbons (Fsp3) is 0.421. The van der Waals surface area contributed by atoms with Gasteiger partial charge >= 0.3 is 0 Å². The third kappa shape index (κ3) is 3.77. The molecule has 26 heavy (non-hydrogen) atoms. The van der Waals surface area contributed by atoms with E-state index in [0.29, 0.717) is 18.7 Å². The number of benzene rings is 1. The lowest BCUT2D eigenvalue weighted by molar-refractivity contribution is 0.0947. The number of carbonyl (C=O) groups is 1. The van der Waals surface area contributed by atoms with Crippen LogP contribution >= 0.6 is 0 Å². The lowest BCUT2D eigenvalue weighted by Crippen LogP contribution is -2.49. The summed E-state index contributed by atoms with van der Waals surface area (Å²) < 4.78 is 5.48. The maximum Gasteiger partial charge on any atom is 0.251 e. The molecule has 0 atom stereocenters. The van der Waals surface area contributed by atoms with Gasteiger partial charge in [0.15, 0.2) is 0 Å². The molecule has 7 nitrogen and oxygen atoms in total. The molecule has 1 N–H and O–H groups in total. The number of rotatable bonds is 5. The summed E-state index contributed by atoms with van der Waals surface area (Å²) in [4.78, 5) is 25.5. The second kappa shape index (κ2) is 7.70. The largest absolute Gasteiger partial charge is 0.493 e. The number of carbonyl (C=O) groups excluding carboxylic acids is 1. The first-order chi connectivity index (χ1) is 12.8. The van der Waals surface area contributed by atoms with Gasteiger partial charge in [0, 0.05) is 63.6 Å². The minimum atomic E-state index is -0.0176. The SMILES string of the molecule is O=C(NCCN1CCN(c2ncccn2)CC1)c1ccc2c(c1)CCO2. The molecule has 1 aromatic heterocycles. The van der Waals surface area contributed by atoms with Crippen molar-refractivity contribution in [2.45, 2.75) is 6.42 Å². The number of nitrogens with one attached hydrogen (secondary N) is 1. The molecule has 0 unspecified atom stereocenters. The summed E-state index contributed by atoms with van der Waals surface area (Å²) >= 11 is 0. The number of ether oxygens (including phenoxy) is 1. The molecule has 0 saturated carbocycles. The summed E-state index contributed by atoms with van der Waals surface area (Å²) in [5.74, 6) is 1.68. The summed E-state index contributed by atoms with van der Waals surface area (Å²) in [7, 11) is 0. The zero-order valence-electron chi connectivity index (χ0n) is 14.7. The van der Waals surface area contributed by atoms with Crippen molar-refractivity contribution in [2.24, 2.45) is 0 Å². The molecule has 2 aliphatic rings. The normalized spacial score (nSPS) is 16.8. The van der Waals surface area contributed by atoms with Crippen molar-refractivity contribution in [3.63, 3.8) is 0 Å². The van der Waals surface area contributed by atoms with Crippen LogP contribution < -0.4 is 15.0 Å². The molecule has 7 heteroatoms. The molecule has 2 aliphatic heterocycles. The van der Waals surface area contributed by atoms with Gasteiger partial charge in [0.25, 0.3) is 5.91 Å². The predicted molar refractivity (Wildman–Crippen MR) is 98.7 cm³/mol. The topological polar surface area (TPSA) is 70.6 Å². The summed E-state index contributed by atoms with van der Waals surface area (Å²) in [5, 5.41) is 3.02. The lowest BCUT2D eigenvalue weighted by atomic mass is 10.1. The molecule has 2 aromatic rings. The average molecular weight is 353 g/mol. The van der Waals surface area contributed by atoms with Gasteiger partial charge in [-0.05, 0) is 29.8 Å². The Hall–Kier alpha value is -2.67. The fourth-order valence-electron chi connectivity index (χ4n) is 3.38. The number of hydrogen-bond acceptors (Lipinski definition) is 6. The van der Waals surface area contributed by atoms with Gasteiger partial charge in [0.05, 0.1) is 6.61 Å². The third-order valence-corrected chi connectivity index (χ3v) is 4.87. The van der Waals surface area contributed by atoms with Crippen molar-refractivity contribution in [1.29, 1.82) is 0 Å². The maximum absolute atomic E-state index is 12.3. The quantitative estimate of drug-likeness (QED) is 0.864. The van der Waals surface area contributed by atoms with Crippen molar-refractivity contribution < 1.29 is 9.53 Å². The molecule has 1 amide bonds. The van der Waals surface area contributed by atoms with Crippen molar-refractivity contribution in [3.8, 4) is 5.75 Å². The lowest BCUT2D eigenvalue weighted by Gasteiger charge is -2.34. The second-order valence-corrected chi connectivity index (χ2v) is 6.55. The molecular weight excluding hydrogens is 330 g/mol. The number of aromatic nitrogens is 2. The number of nitrogens with zero attached hydrogens (tertiary/aromatic N) is 4. The Morgan fingerprint density at radius 2 is 1.96 bits per heavy atom. The number of fused-ring (bicyclic) bond motifs is 1. The van der Waals surface area contributed by atoms with E-state index in [-0.39, 0.29) is 5.91 Å². The van der Waals surface area contributed by atoms with Crippen molar-refractivity contribution in [3.05, 3.63) is 47.8 Å². The predicted octanol–water partition coefficient (Wildman–Crippen LogP) is 0.963. The van der Waals surface area contributed by atoms with E-state index in [0.717, 1.165) is 56.4 Å². The highest BCUT2D eigenvalue weighted by molar-refractivity contribution is 5.94. The van der Waals surface area contributed by atoms with E-state index in [9.17, 15) is 4.79 Å². The van der Waals surface area contributed by atoms with Gasteiger partial charge in [0.2, 0.25) is 5.95 Å². The zero-order valence-corrected chi connectivity index (χ0v) is 14.7. The Balaban J connectivity index is 1.21. The smallest absolute Gasteiger partial charge is 0.251 e. The summed E-state index contributed by atoms with van der Waals surface area (Å²) in [6.45, 7) is 5.91. The Labute approximate surface area is 153 Å². The Kier molecular flexibility index (Phi) is 4.97. The van der Waals surface area contributed by atoms with Crippen LogP contribution in [-0.2, 0) is 6.42 Å². The molecular formula is C19H23N5O2. The van der Waals surface area contributed by atoms with E-state index in [1.807, 2.05) is 24.3 Å². The Morgan fingerprint density at radius 3 is 2.77 bits per heavy atom. The van der Waals surface area contributed by atoms with E-state index in [1.54, 1.807) is 12.4 Å². The highest BCUT2D eigenvalue weighted by Crippen LogP contribution is 2.25. The molecule has 0 aliphatic carbocycles. The van der Waals surface area contributed by atoms with E-state index in [2.05, 4.69) is 25.1 Å². The Morgan fingerprint density at radius 1 is 1.15 bits per heavy atom. The number of anilines is 1. The minimum absolute atomic E-state index is 0.0176. The van der Waals surface area contributed by atoms with E-state index < -0.39 is 0 Å². The molecule has 0 bridgehead atoms. The summed E-state index contributed by atoms with van der Waals surface area (Å²) in [6, 6.07) is 7.49. The summed E-state index contributed by atoms with van der Waals surface area (Å²) in [5.41, 5.74) is 1.83. The monoisotopic (exact) mass is 353 g/mol. The van der Waals surface area contributed by atoms with Crippen LogP contribution in [0, 0.1) is 0 Å². The highest BCUT2D eigenvalue weighted by Gasteiger charge is 2.19. The van der Waals surface area contributed by atoms with Crippen molar-refractivity contribution in [1.82, 2.24) is 20.2 Å². The van der Waals surface area contributed by atoms with Crippen LogP contribution in [0.1, 0.15) is 15.9 Å². The van der Waals surface area contributed by atoms with Gasteiger partial charge in [-0.3, -0.25) is 9.69 Å². The number of amides is 1. The van der Waals surface area contributed by atoms with E-state index in [4.69, 9.17) is 4.74 Å². The molecule has 1 fully saturated rings. The maximum atomic E-state index is 12.3. The molecule has 0 spiro atoms. The van der Waals surface area contributed by atoms with Crippen LogP contribution in [0.25, 0.3) is 0 Å². The molecule has 3 heterocycles. The van der Waals surface area contributed by atoms with Gasteiger partial charge in [-0.15, -0.1) is 0 Å². The average Bonchev–Trinajstić information content (AvgIpc) is 3.17. The third-order valence-electron chi connectivity index (χ3n) is 4.87. The molecule has 136 valence electrons. The minimum Gasteiger partial charge on any atom is -0.493 e. The van der Waals surface area contributed by atoms with Crippen LogP contribution in [-0.4, -0.2) is 66.7 Å². The molecule has 1 saturated heterocycles. The standard InChI is InChI=1S/C19H23N5O2/c25-18(16-2-3-17-15(14-16)4-13-26-17)20-7-8-23-9-11-24(12-10-23)19-21-5-1-6-22-19/h1-3,5-6,14H,4,7-13H2,(H,20,25). The van der Waals surface area contributed by atoms with Crippen molar-refractivity contribution >= 4 is 11.9 Å². The van der Waals surface area contributed by atoms with Gasteiger partial charge < -0.3 is 15.0 Å². The van der Waals surface area contributed by atoms with Crippen LogP contribution in [0.5, 0.6) is 5.75 Å². The van der Waals surface area contributed by atoms with Gasteiger partial charge in [-0.25, -0.2) is 9.97 Å². The number of piperazine rings is 1. The first kappa shape index (κ1) is 16.8. The highest BCUT2D eigenvalue weighted by atomic mass is 16.5. The first-order valence-electron chi connectivity index (χ1n) is 9.08. The summed E-state index contributed by atoms with van der Waals surface area (Å²) in [6.07, 6.45) is 4.43. The van der Waals surface area contributed by atoms with Gasteiger partial charge in [-0.1, -0.05) is 0 Å². The Bertz CT molecular complexity index is 760. The first-order valence-corrected chi connectivity index (χ1v) is 9.08. The van der Waals surface area contributed by atoms with Crippen molar-refractivity contribution in [2.75, 3.05) is 50.8 Å². The zero-order chi connectivity index (χ0) is 17.8. The van der Waals surface area contributed by atoms with Crippen LogP contribution in [0.3, 0.4) is 0 Å². The number of hydrogen-bond donors (Lipinski definition) is 1. The fourth-order valence-corrected chi connectivity index (χ4v) is 3.38.